The van der Waals surface area contributed by atoms with Crippen LogP contribution in [0.4, 0.5) is 5.69 Å². The third-order valence-electron chi connectivity index (χ3n) is 4.05. The predicted molar refractivity (Wildman–Crippen MR) is 111 cm³/mol. The Morgan fingerprint density at radius 3 is 2.37 bits per heavy atom. The van der Waals surface area contributed by atoms with Crippen LogP contribution in [0.15, 0.2) is 48.5 Å². The SMILES string of the molecule is CC(C)CCNC(=O)c1ccc(CN(c2cccc(Cl)c2)S(C)(=O)=O)cc1. The first-order valence-corrected chi connectivity index (χ1v) is 11.0. The van der Waals surface area contributed by atoms with Crippen LogP contribution in [-0.4, -0.2) is 27.1 Å². The third-order valence-corrected chi connectivity index (χ3v) is 5.42. The zero-order valence-electron chi connectivity index (χ0n) is 15.8. The second-order valence-electron chi connectivity index (χ2n) is 6.88. The minimum absolute atomic E-state index is 0.128. The molecule has 0 aromatic heterocycles. The lowest BCUT2D eigenvalue weighted by Crippen LogP contribution is -2.29. The van der Waals surface area contributed by atoms with E-state index in [0.717, 1.165) is 18.2 Å². The molecule has 0 aliphatic heterocycles. The van der Waals surface area contributed by atoms with E-state index in [0.29, 0.717) is 28.7 Å². The molecule has 1 N–H and O–H groups in total. The molecule has 0 saturated carbocycles. The van der Waals surface area contributed by atoms with E-state index < -0.39 is 10.0 Å². The van der Waals surface area contributed by atoms with Gasteiger partial charge in [-0.15, -0.1) is 0 Å². The number of amides is 1. The van der Waals surface area contributed by atoms with Gasteiger partial charge in [0.05, 0.1) is 18.5 Å². The number of benzene rings is 2. The first-order valence-electron chi connectivity index (χ1n) is 8.77. The Labute approximate surface area is 166 Å². The lowest BCUT2D eigenvalue weighted by molar-refractivity contribution is 0.0952. The molecule has 0 unspecified atom stereocenters. The van der Waals surface area contributed by atoms with Crippen molar-refractivity contribution in [2.75, 3.05) is 17.1 Å². The molecule has 0 heterocycles. The molecule has 0 spiro atoms. The molecule has 0 bridgehead atoms. The maximum absolute atomic E-state index is 12.2. The highest BCUT2D eigenvalue weighted by Gasteiger charge is 2.18. The van der Waals surface area contributed by atoms with Crippen LogP contribution in [0, 0.1) is 5.92 Å². The average Bonchev–Trinajstić information content (AvgIpc) is 2.58. The molecule has 2 aromatic rings. The van der Waals surface area contributed by atoms with E-state index in [9.17, 15) is 13.2 Å². The fourth-order valence-electron chi connectivity index (χ4n) is 2.54. The molecule has 0 saturated heterocycles. The minimum atomic E-state index is -3.48. The summed E-state index contributed by atoms with van der Waals surface area (Å²) in [7, 11) is -3.48. The van der Waals surface area contributed by atoms with E-state index in [2.05, 4.69) is 19.2 Å². The Balaban J connectivity index is 2.12. The van der Waals surface area contributed by atoms with Crippen molar-refractivity contribution in [2.24, 2.45) is 5.92 Å². The number of carbonyl (C=O) groups is 1. The number of hydrogen-bond acceptors (Lipinski definition) is 3. The first kappa shape index (κ1) is 21.3. The van der Waals surface area contributed by atoms with Crippen molar-refractivity contribution in [1.29, 1.82) is 0 Å². The maximum Gasteiger partial charge on any atom is 0.251 e. The number of nitrogens with zero attached hydrogens (tertiary/aromatic N) is 1. The van der Waals surface area contributed by atoms with Gasteiger partial charge in [0.1, 0.15) is 0 Å². The van der Waals surface area contributed by atoms with Gasteiger partial charge in [-0.25, -0.2) is 8.42 Å². The summed E-state index contributed by atoms with van der Waals surface area (Å²) in [4.78, 5) is 12.1. The smallest absolute Gasteiger partial charge is 0.251 e. The second-order valence-corrected chi connectivity index (χ2v) is 9.23. The van der Waals surface area contributed by atoms with Crippen molar-refractivity contribution in [2.45, 2.75) is 26.8 Å². The van der Waals surface area contributed by atoms with Crippen LogP contribution in [0.3, 0.4) is 0 Å². The molecule has 146 valence electrons. The molecular weight excluding hydrogens is 384 g/mol. The second kappa shape index (κ2) is 9.24. The molecule has 2 rings (SSSR count). The van der Waals surface area contributed by atoms with Gasteiger partial charge < -0.3 is 5.32 Å². The van der Waals surface area contributed by atoms with Gasteiger partial charge in [0, 0.05) is 17.1 Å². The van der Waals surface area contributed by atoms with Crippen LogP contribution >= 0.6 is 11.6 Å². The topological polar surface area (TPSA) is 66.5 Å². The number of rotatable bonds is 8. The van der Waals surface area contributed by atoms with Gasteiger partial charge in [-0.3, -0.25) is 9.10 Å². The van der Waals surface area contributed by atoms with Crippen molar-refractivity contribution < 1.29 is 13.2 Å². The minimum Gasteiger partial charge on any atom is -0.352 e. The van der Waals surface area contributed by atoms with Gasteiger partial charge in [-0.1, -0.05) is 43.6 Å². The van der Waals surface area contributed by atoms with Crippen LogP contribution < -0.4 is 9.62 Å². The van der Waals surface area contributed by atoms with Crippen LogP contribution in [0.25, 0.3) is 0 Å². The summed E-state index contributed by atoms with van der Waals surface area (Å²) in [5.41, 5.74) is 1.83. The first-order chi connectivity index (χ1) is 12.7. The summed E-state index contributed by atoms with van der Waals surface area (Å²) in [6, 6.07) is 13.7. The fraction of sp³-hybridized carbons (Fsp3) is 0.350. The quantitative estimate of drug-likeness (QED) is 0.715. The highest BCUT2D eigenvalue weighted by Crippen LogP contribution is 2.24. The summed E-state index contributed by atoms with van der Waals surface area (Å²) >= 11 is 5.99. The Morgan fingerprint density at radius 2 is 1.81 bits per heavy atom. The molecule has 0 aliphatic rings. The van der Waals surface area contributed by atoms with Gasteiger partial charge in [0.2, 0.25) is 10.0 Å². The zero-order chi connectivity index (χ0) is 20.0. The van der Waals surface area contributed by atoms with Crippen molar-refractivity contribution in [3.8, 4) is 0 Å². The predicted octanol–water partition coefficient (Wildman–Crippen LogP) is 4.08. The molecule has 5 nitrogen and oxygen atoms in total. The van der Waals surface area contributed by atoms with Crippen LogP contribution in [0.1, 0.15) is 36.2 Å². The molecule has 0 radical (unpaired) electrons. The Bertz CT molecular complexity index is 880. The largest absolute Gasteiger partial charge is 0.352 e. The number of nitrogens with one attached hydrogen (secondary N) is 1. The maximum atomic E-state index is 12.2. The summed E-state index contributed by atoms with van der Waals surface area (Å²) in [5.74, 6) is 0.401. The standard InChI is InChI=1S/C20H25ClN2O3S/c1-15(2)11-12-22-20(24)17-9-7-16(8-10-17)14-23(27(3,25)26)19-6-4-5-18(21)13-19/h4-10,13,15H,11-12,14H2,1-3H3,(H,22,24). The monoisotopic (exact) mass is 408 g/mol. The highest BCUT2D eigenvalue weighted by atomic mass is 35.5. The summed E-state index contributed by atoms with van der Waals surface area (Å²) in [6.07, 6.45) is 2.08. The van der Waals surface area contributed by atoms with Gasteiger partial charge >= 0.3 is 0 Å². The molecule has 0 aliphatic carbocycles. The van der Waals surface area contributed by atoms with E-state index in [4.69, 9.17) is 11.6 Å². The Kier molecular flexibility index (Phi) is 7.27. The number of sulfonamides is 1. The lowest BCUT2D eigenvalue weighted by atomic mass is 10.1. The molecular formula is C20H25ClN2O3S. The Hall–Kier alpha value is -2.05. The number of halogens is 1. The van der Waals surface area contributed by atoms with Crippen LogP contribution in [0.2, 0.25) is 5.02 Å². The van der Waals surface area contributed by atoms with Crippen LogP contribution in [-0.2, 0) is 16.6 Å². The van der Waals surface area contributed by atoms with E-state index in [1.165, 1.54) is 4.31 Å². The van der Waals surface area contributed by atoms with Gasteiger partial charge in [-0.05, 0) is 48.2 Å². The molecule has 1 amide bonds. The van der Waals surface area contributed by atoms with Gasteiger partial charge in [-0.2, -0.15) is 0 Å². The molecule has 27 heavy (non-hydrogen) atoms. The van der Waals surface area contributed by atoms with Crippen molar-refractivity contribution >= 4 is 33.2 Å². The number of hydrogen-bond donors (Lipinski definition) is 1. The highest BCUT2D eigenvalue weighted by molar-refractivity contribution is 7.92. The van der Waals surface area contributed by atoms with Crippen LogP contribution in [0.5, 0.6) is 0 Å². The Morgan fingerprint density at radius 1 is 1.15 bits per heavy atom. The van der Waals surface area contributed by atoms with Crippen molar-refractivity contribution in [3.05, 3.63) is 64.7 Å². The lowest BCUT2D eigenvalue weighted by Gasteiger charge is -2.22. The number of anilines is 1. The molecule has 7 heteroatoms. The van der Waals surface area contributed by atoms with Gasteiger partial charge in [0.15, 0.2) is 0 Å². The summed E-state index contributed by atoms with van der Waals surface area (Å²) < 4.78 is 25.7. The van der Waals surface area contributed by atoms with E-state index in [1.807, 2.05) is 0 Å². The molecule has 2 aromatic carbocycles. The third kappa shape index (κ3) is 6.56. The van der Waals surface area contributed by atoms with Crippen molar-refractivity contribution in [1.82, 2.24) is 5.32 Å². The van der Waals surface area contributed by atoms with E-state index >= 15 is 0 Å². The molecule has 0 atom stereocenters. The normalized spacial score (nSPS) is 11.4. The van der Waals surface area contributed by atoms with E-state index in [-0.39, 0.29) is 12.5 Å². The average molecular weight is 409 g/mol. The van der Waals surface area contributed by atoms with E-state index in [1.54, 1.807) is 48.5 Å². The molecule has 0 fully saturated rings. The zero-order valence-corrected chi connectivity index (χ0v) is 17.3. The van der Waals surface area contributed by atoms with Crippen molar-refractivity contribution in [3.63, 3.8) is 0 Å². The van der Waals surface area contributed by atoms with Gasteiger partial charge in [0.25, 0.3) is 5.91 Å². The summed E-state index contributed by atoms with van der Waals surface area (Å²) in [5, 5.41) is 3.35. The summed E-state index contributed by atoms with van der Waals surface area (Å²) in [6.45, 7) is 5.01. The number of carbonyl (C=O) groups excluding carboxylic acids is 1. The fourth-order valence-corrected chi connectivity index (χ4v) is 3.60.